The van der Waals surface area contributed by atoms with E-state index in [-0.39, 0.29) is 5.91 Å². The van der Waals surface area contributed by atoms with E-state index in [1.165, 1.54) is 5.56 Å². The highest BCUT2D eigenvalue weighted by Crippen LogP contribution is 2.24. The Labute approximate surface area is 137 Å². The molecule has 0 aliphatic carbocycles. The molecule has 1 atom stereocenters. The maximum atomic E-state index is 12.8. The van der Waals surface area contributed by atoms with Gasteiger partial charge in [0, 0.05) is 32.7 Å². The molecule has 0 spiro atoms. The number of ether oxygens (including phenoxy) is 1. The summed E-state index contributed by atoms with van der Waals surface area (Å²) in [5, 5.41) is 10.9. The monoisotopic (exact) mass is 318 g/mol. The number of piperidine rings is 1. The second-order valence-electron chi connectivity index (χ2n) is 6.55. The van der Waals surface area contributed by atoms with E-state index in [4.69, 9.17) is 4.74 Å². The van der Waals surface area contributed by atoms with Gasteiger partial charge in [-0.15, -0.1) is 0 Å². The second kappa shape index (κ2) is 7.43. The molecule has 0 aromatic heterocycles. The van der Waals surface area contributed by atoms with E-state index in [2.05, 4.69) is 17.0 Å². The van der Waals surface area contributed by atoms with Crippen molar-refractivity contribution in [2.24, 2.45) is 0 Å². The van der Waals surface area contributed by atoms with E-state index in [0.717, 1.165) is 32.5 Å². The lowest BCUT2D eigenvalue weighted by Crippen LogP contribution is -2.59. The molecule has 0 bridgehead atoms. The first-order chi connectivity index (χ1) is 11.2. The number of carbonyl (C=O) groups excluding carboxylic acids is 1. The highest BCUT2D eigenvalue weighted by molar-refractivity contribution is 5.86. The lowest BCUT2D eigenvalue weighted by atomic mass is 9.90. The molecule has 2 heterocycles. The average Bonchev–Trinajstić information content (AvgIpc) is 2.58. The predicted octanol–water partition coefficient (Wildman–Crippen LogP) is 0.915. The van der Waals surface area contributed by atoms with Crippen LogP contribution in [0.5, 0.6) is 0 Å². The molecule has 2 fully saturated rings. The maximum Gasteiger partial charge on any atom is 0.255 e. The molecule has 0 saturated carbocycles. The summed E-state index contributed by atoms with van der Waals surface area (Å²) in [5.74, 6) is -0.105. The SMILES string of the molecule is O=C1N(CCc2ccccc2)CCC[C@@]1(O)CN1CCOCC1. The van der Waals surface area contributed by atoms with Gasteiger partial charge in [0.2, 0.25) is 0 Å². The quantitative estimate of drug-likeness (QED) is 0.877. The van der Waals surface area contributed by atoms with Gasteiger partial charge in [0.15, 0.2) is 5.60 Å². The molecule has 1 N–H and O–H groups in total. The number of likely N-dealkylation sites (tertiary alicyclic amines) is 1. The van der Waals surface area contributed by atoms with Crippen LogP contribution >= 0.6 is 0 Å². The molecule has 2 saturated heterocycles. The number of hydrogen-bond donors (Lipinski definition) is 1. The van der Waals surface area contributed by atoms with Crippen LogP contribution in [0.4, 0.5) is 0 Å². The van der Waals surface area contributed by atoms with E-state index < -0.39 is 5.60 Å². The molecule has 2 aliphatic heterocycles. The summed E-state index contributed by atoms with van der Waals surface area (Å²) in [4.78, 5) is 16.7. The van der Waals surface area contributed by atoms with Crippen LogP contribution in [0.25, 0.3) is 0 Å². The Balaban J connectivity index is 1.58. The Morgan fingerprint density at radius 3 is 2.61 bits per heavy atom. The molecule has 3 rings (SSSR count). The van der Waals surface area contributed by atoms with Crippen LogP contribution in [0.1, 0.15) is 18.4 Å². The average molecular weight is 318 g/mol. The zero-order chi connectivity index (χ0) is 16.1. The van der Waals surface area contributed by atoms with Crippen LogP contribution in [-0.2, 0) is 16.0 Å². The maximum absolute atomic E-state index is 12.8. The summed E-state index contributed by atoms with van der Waals surface area (Å²) in [6, 6.07) is 10.2. The first kappa shape index (κ1) is 16.4. The van der Waals surface area contributed by atoms with Gasteiger partial charge < -0.3 is 14.7 Å². The zero-order valence-corrected chi connectivity index (χ0v) is 13.6. The van der Waals surface area contributed by atoms with Crippen molar-refractivity contribution in [3.8, 4) is 0 Å². The summed E-state index contributed by atoms with van der Waals surface area (Å²) in [6.07, 6.45) is 2.26. The highest BCUT2D eigenvalue weighted by Gasteiger charge is 2.43. The molecule has 1 aromatic carbocycles. The molecule has 1 amide bonds. The van der Waals surface area contributed by atoms with Gasteiger partial charge in [-0.2, -0.15) is 0 Å². The number of rotatable bonds is 5. The number of benzene rings is 1. The fraction of sp³-hybridized carbons (Fsp3) is 0.611. The van der Waals surface area contributed by atoms with Gasteiger partial charge >= 0.3 is 0 Å². The van der Waals surface area contributed by atoms with E-state index >= 15 is 0 Å². The van der Waals surface area contributed by atoms with Gasteiger partial charge in [-0.05, 0) is 24.8 Å². The van der Waals surface area contributed by atoms with Crippen molar-refractivity contribution >= 4 is 5.91 Å². The molecular weight excluding hydrogens is 292 g/mol. The standard InChI is InChI=1S/C18H26N2O3/c21-17-18(22,15-19-11-13-23-14-12-19)8-4-9-20(17)10-7-16-5-2-1-3-6-16/h1-3,5-6,22H,4,7-15H2/t18-/m1/s1. The molecule has 126 valence electrons. The second-order valence-corrected chi connectivity index (χ2v) is 6.55. The highest BCUT2D eigenvalue weighted by atomic mass is 16.5. The van der Waals surface area contributed by atoms with Crippen LogP contribution in [-0.4, -0.2) is 72.4 Å². The van der Waals surface area contributed by atoms with Gasteiger partial charge in [-0.1, -0.05) is 30.3 Å². The minimum atomic E-state index is -1.23. The van der Waals surface area contributed by atoms with Crippen LogP contribution < -0.4 is 0 Å². The molecule has 5 nitrogen and oxygen atoms in total. The Kier molecular flexibility index (Phi) is 5.30. The van der Waals surface area contributed by atoms with Crippen molar-refractivity contribution in [3.63, 3.8) is 0 Å². The minimum absolute atomic E-state index is 0.105. The fourth-order valence-electron chi connectivity index (χ4n) is 3.46. The molecule has 2 aliphatic rings. The summed E-state index contributed by atoms with van der Waals surface area (Å²) in [7, 11) is 0. The number of carbonyl (C=O) groups is 1. The number of nitrogens with zero attached hydrogens (tertiary/aromatic N) is 2. The van der Waals surface area contributed by atoms with Crippen molar-refractivity contribution in [3.05, 3.63) is 35.9 Å². The Hall–Kier alpha value is -1.43. The number of β-amino-alcohol motifs (C(OH)–C–C–N with tert-alkyl or cyclic N) is 1. The number of hydrogen-bond acceptors (Lipinski definition) is 4. The van der Waals surface area contributed by atoms with Crippen LogP contribution in [0.15, 0.2) is 30.3 Å². The fourth-order valence-corrected chi connectivity index (χ4v) is 3.46. The summed E-state index contributed by atoms with van der Waals surface area (Å²) < 4.78 is 5.34. The molecule has 1 aromatic rings. The lowest BCUT2D eigenvalue weighted by Gasteiger charge is -2.41. The third kappa shape index (κ3) is 4.10. The van der Waals surface area contributed by atoms with E-state index in [9.17, 15) is 9.90 Å². The largest absolute Gasteiger partial charge is 0.379 e. The first-order valence-electron chi connectivity index (χ1n) is 8.53. The Morgan fingerprint density at radius 1 is 1.13 bits per heavy atom. The summed E-state index contributed by atoms with van der Waals surface area (Å²) in [5.41, 5.74) is -0.00526. The van der Waals surface area contributed by atoms with E-state index in [1.54, 1.807) is 0 Å². The lowest BCUT2D eigenvalue weighted by molar-refractivity contribution is -0.160. The van der Waals surface area contributed by atoms with E-state index in [0.29, 0.717) is 32.7 Å². The van der Waals surface area contributed by atoms with Crippen molar-refractivity contribution in [2.75, 3.05) is 45.9 Å². The van der Waals surface area contributed by atoms with Gasteiger partial charge in [0.1, 0.15) is 0 Å². The number of morpholine rings is 1. The van der Waals surface area contributed by atoms with Crippen LogP contribution in [0.3, 0.4) is 0 Å². The molecule has 23 heavy (non-hydrogen) atoms. The minimum Gasteiger partial charge on any atom is -0.379 e. The Morgan fingerprint density at radius 2 is 1.87 bits per heavy atom. The van der Waals surface area contributed by atoms with Crippen LogP contribution in [0.2, 0.25) is 0 Å². The van der Waals surface area contributed by atoms with Crippen LogP contribution in [0, 0.1) is 0 Å². The van der Waals surface area contributed by atoms with Crippen molar-refractivity contribution in [1.29, 1.82) is 0 Å². The molecule has 0 radical (unpaired) electrons. The van der Waals surface area contributed by atoms with Crippen molar-refractivity contribution in [1.82, 2.24) is 9.80 Å². The smallest absolute Gasteiger partial charge is 0.255 e. The molecular formula is C18H26N2O3. The number of amides is 1. The first-order valence-corrected chi connectivity index (χ1v) is 8.53. The Bertz CT molecular complexity index is 516. The van der Waals surface area contributed by atoms with Gasteiger partial charge in [0.25, 0.3) is 5.91 Å². The summed E-state index contributed by atoms with van der Waals surface area (Å²) in [6.45, 7) is 4.80. The molecule has 0 unspecified atom stereocenters. The topological polar surface area (TPSA) is 53.0 Å². The summed E-state index contributed by atoms with van der Waals surface area (Å²) >= 11 is 0. The predicted molar refractivity (Wildman–Crippen MR) is 88.2 cm³/mol. The third-order valence-electron chi connectivity index (χ3n) is 4.81. The zero-order valence-electron chi connectivity index (χ0n) is 13.6. The van der Waals surface area contributed by atoms with Crippen molar-refractivity contribution < 1.29 is 14.6 Å². The normalized spacial score (nSPS) is 26.5. The van der Waals surface area contributed by atoms with Gasteiger partial charge in [0.05, 0.1) is 13.2 Å². The molecule has 5 heteroatoms. The van der Waals surface area contributed by atoms with Gasteiger partial charge in [-0.25, -0.2) is 0 Å². The third-order valence-corrected chi connectivity index (χ3v) is 4.81. The van der Waals surface area contributed by atoms with Gasteiger partial charge in [-0.3, -0.25) is 9.69 Å². The van der Waals surface area contributed by atoms with Crippen molar-refractivity contribution in [2.45, 2.75) is 24.9 Å². The van der Waals surface area contributed by atoms with E-state index in [1.807, 2.05) is 23.1 Å². The number of aliphatic hydroxyl groups is 1.